The van der Waals surface area contributed by atoms with Gasteiger partial charge >= 0.3 is 0 Å². The Labute approximate surface area is 206 Å². The van der Waals surface area contributed by atoms with E-state index in [9.17, 15) is 10.2 Å². The van der Waals surface area contributed by atoms with Crippen LogP contribution in [0.1, 0.15) is 142 Å². The largest absolute Gasteiger partial charge is 0.390 e. The van der Waals surface area contributed by atoms with E-state index in [1.165, 1.54) is 103 Å². The summed E-state index contributed by atoms with van der Waals surface area (Å²) in [5.41, 5.74) is 0. The van der Waals surface area contributed by atoms with E-state index in [4.69, 9.17) is 4.74 Å². The zero-order chi connectivity index (χ0) is 24.0. The summed E-state index contributed by atoms with van der Waals surface area (Å²) in [5, 5.41) is 20.9. The maximum Gasteiger partial charge on any atom is 0.102 e. The van der Waals surface area contributed by atoms with Crippen molar-refractivity contribution in [2.45, 2.75) is 166 Å². The normalized spacial score (nSPS) is 19.7. The number of unbranched alkanes of at least 4 members (excludes halogenated alkanes) is 17. The van der Waals surface area contributed by atoms with Crippen LogP contribution in [-0.4, -0.2) is 34.6 Å². The topological polar surface area (TPSA) is 49.7 Å². The molecule has 0 aromatic heterocycles. The summed E-state index contributed by atoms with van der Waals surface area (Å²) in [6.07, 6.45) is 30.4. The van der Waals surface area contributed by atoms with Gasteiger partial charge in [-0.25, -0.2) is 0 Å². The third-order valence-electron chi connectivity index (χ3n) is 7.07. The van der Waals surface area contributed by atoms with Crippen LogP contribution in [-0.2, 0) is 4.74 Å². The van der Waals surface area contributed by atoms with Crippen molar-refractivity contribution in [3.05, 3.63) is 24.8 Å². The maximum atomic E-state index is 10.5. The molecule has 0 amide bonds. The molecule has 33 heavy (non-hydrogen) atoms. The summed E-state index contributed by atoms with van der Waals surface area (Å²) in [7, 11) is 0. The Balaban J connectivity index is 1.96. The number of rotatable bonds is 24. The molecule has 1 aliphatic heterocycles. The molecule has 0 radical (unpaired) electrons. The van der Waals surface area contributed by atoms with Crippen molar-refractivity contribution in [3.8, 4) is 0 Å². The minimum absolute atomic E-state index is 0.246. The van der Waals surface area contributed by atoms with Gasteiger partial charge in [0.05, 0.1) is 12.2 Å². The van der Waals surface area contributed by atoms with Crippen LogP contribution in [0, 0.1) is 0 Å². The van der Waals surface area contributed by atoms with Gasteiger partial charge in [-0.1, -0.05) is 134 Å². The van der Waals surface area contributed by atoms with Crippen molar-refractivity contribution in [1.82, 2.24) is 0 Å². The van der Waals surface area contributed by atoms with Crippen LogP contribution in [0.2, 0.25) is 0 Å². The SMILES string of the molecule is C=CCCCCCCCCCC[C@@H](O)[C@H]1C=C[C@H]([C@H](O)CCCCCCCCCCCC)O1. The van der Waals surface area contributed by atoms with Gasteiger partial charge in [0.1, 0.15) is 12.2 Å². The zero-order valence-corrected chi connectivity index (χ0v) is 21.9. The second-order valence-electron chi connectivity index (χ2n) is 10.3. The van der Waals surface area contributed by atoms with Gasteiger partial charge in [-0.15, -0.1) is 6.58 Å². The Hall–Kier alpha value is -0.640. The molecule has 194 valence electrons. The van der Waals surface area contributed by atoms with Crippen LogP contribution in [0.25, 0.3) is 0 Å². The van der Waals surface area contributed by atoms with Crippen LogP contribution in [0.15, 0.2) is 24.8 Å². The molecular weight excluding hydrogens is 408 g/mol. The van der Waals surface area contributed by atoms with Gasteiger partial charge in [-0.3, -0.25) is 0 Å². The van der Waals surface area contributed by atoms with E-state index >= 15 is 0 Å². The summed E-state index contributed by atoms with van der Waals surface area (Å²) in [5.74, 6) is 0. The van der Waals surface area contributed by atoms with Crippen molar-refractivity contribution in [3.63, 3.8) is 0 Å². The van der Waals surface area contributed by atoms with E-state index < -0.39 is 12.2 Å². The van der Waals surface area contributed by atoms with Gasteiger partial charge < -0.3 is 14.9 Å². The summed E-state index contributed by atoms with van der Waals surface area (Å²) in [4.78, 5) is 0. The Morgan fingerprint density at radius 2 is 1.00 bits per heavy atom. The van der Waals surface area contributed by atoms with E-state index in [2.05, 4.69) is 13.5 Å². The molecule has 0 aromatic carbocycles. The molecule has 3 heteroatoms. The van der Waals surface area contributed by atoms with E-state index in [-0.39, 0.29) is 12.2 Å². The highest BCUT2D eigenvalue weighted by molar-refractivity contribution is 5.06. The first-order valence-electron chi connectivity index (χ1n) is 14.5. The summed E-state index contributed by atoms with van der Waals surface area (Å²) >= 11 is 0. The second kappa shape index (κ2) is 21.9. The van der Waals surface area contributed by atoms with Gasteiger partial charge in [0, 0.05) is 0 Å². The summed E-state index contributed by atoms with van der Waals surface area (Å²) in [6, 6.07) is 0. The predicted molar refractivity (Wildman–Crippen MR) is 143 cm³/mol. The predicted octanol–water partition coefficient (Wildman–Crippen LogP) is 8.43. The van der Waals surface area contributed by atoms with Crippen molar-refractivity contribution < 1.29 is 14.9 Å². The first-order chi connectivity index (χ1) is 16.2. The zero-order valence-electron chi connectivity index (χ0n) is 21.9. The van der Waals surface area contributed by atoms with Crippen LogP contribution in [0.3, 0.4) is 0 Å². The van der Waals surface area contributed by atoms with Gasteiger partial charge in [0.2, 0.25) is 0 Å². The molecule has 3 nitrogen and oxygen atoms in total. The standard InChI is InChI=1S/C30H56O3/c1-3-5-7-9-11-13-15-17-19-21-23-27(31)29-25-26-30(33-29)28(32)24-22-20-18-16-14-12-10-8-6-4-2/h3,25-32H,1,4-24H2,2H3/t27-,28-,29-,30-/m1/s1. The van der Waals surface area contributed by atoms with Gasteiger partial charge in [-0.2, -0.15) is 0 Å². The van der Waals surface area contributed by atoms with E-state index in [1.54, 1.807) is 0 Å². The van der Waals surface area contributed by atoms with Crippen LogP contribution < -0.4 is 0 Å². The van der Waals surface area contributed by atoms with Crippen LogP contribution >= 0.6 is 0 Å². The first kappa shape index (κ1) is 30.4. The van der Waals surface area contributed by atoms with Crippen molar-refractivity contribution in [2.24, 2.45) is 0 Å². The lowest BCUT2D eigenvalue weighted by atomic mass is 10.0. The molecule has 0 spiro atoms. The van der Waals surface area contributed by atoms with Gasteiger partial charge in [-0.05, 0) is 25.7 Å². The number of hydrogen-bond donors (Lipinski definition) is 2. The third kappa shape index (κ3) is 16.6. The quantitative estimate of drug-likeness (QED) is 0.111. The molecule has 4 atom stereocenters. The Morgan fingerprint density at radius 1 is 0.636 bits per heavy atom. The molecule has 0 bridgehead atoms. The number of allylic oxidation sites excluding steroid dienone is 1. The smallest absolute Gasteiger partial charge is 0.102 e. The Bertz CT molecular complexity index is 461. The maximum absolute atomic E-state index is 10.5. The molecule has 2 N–H and O–H groups in total. The van der Waals surface area contributed by atoms with E-state index in [1.807, 2.05) is 18.2 Å². The lowest BCUT2D eigenvalue weighted by molar-refractivity contribution is -0.0676. The molecule has 0 fully saturated rings. The molecule has 1 rings (SSSR count). The highest BCUT2D eigenvalue weighted by Crippen LogP contribution is 2.23. The second-order valence-corrected chi connectivity index (χ2v) is 10.3. The van der Waals surface area contributed by atoms with E-state index in [0.717, 1.165) is 32.1 Å². The van der Waals surface area contributed by atoms with Crippen LogP contribution in [0.4, 0.5) is 0 Å². The number of aliphatic hydroxyl groups is 2. The minimum atomic E-state index is -0.449. The van der Waals surface area contributed by atoms with E-state index in [0.29, 0.717) is 0 Å². The average molecular weight is 465 g/mol. The monoisotopic (exact) mass is 464 g/mol. The minimum Gasteiger partial charge on any atom is -0.390 e. The number of ether oxygens (including phenoxy) is 1. The van der Waals surface area contributed by atoms with Crippen molar-refractivity contribution in [1.29, 1.82) is 0 Å². The number of hydrogen-bond acceptors (Lipinski definition) is 3. The highest BCUT2D eigenvalue weighted by Gasteiger charge is 2.29. The molecule has 0 unspecified atom stereocenters. The molecular formula is C30H56O3. The molecule has 1 aliphatic rings. The van der Waals surface area contributed by atoms with Crippen LogP contribution in [0.5, 0.6) is 0 Å². The fourth-order valence-electron chi connectivity index (χ4n) is 4.80. The summed E-state index contributed by atoms with van der Waals surface area (Å²) < 4.78 is 5.95. The summed E-state index contributed by atoms with van der Waals surface area (Å²) in [6.45, 7) is 6.03. The molecule has 1 heterocycles. The molecule has 0 aliphatic carbocycles. The lowest BCUT2D eigenvalue weighted by Gasteiger charge is -2.22. The molecule has 0 saturated heterocycles. The lowest BCUT2D eigenvalue weighted by Crippen LogP contribution is -2.31. The van der Waals surface area contributed by atoms with Crippen molar-refractivity contribution >= 4 is 0 Å². The average Bonchev–Trinajstić information content (AvgIpc) is 3.32. The first-order valence-corrected chi connectivity index (χ1v) is 14.5. The molecule has 0 aromatic rings. The third-order valence-corrected chi connectivity index (χ3v) is 7.07. The van der Waals surface area contributed by atoms with Gasteiger partial charge in [0.15, 0.2) is 0 Å². The van der Waals surface area contributed by atoms with Crippen molar-refractivity contribution in [2.75, 3.05) is 0 Å². The Kier molecular flexibility index (Phi) is 20.1. The highest BCUT2D eigenvalue weighted by atomic mass is 16.5. The number of aliphatic hydroxyl groups excluding tert-OH is 2. The van der Waals surface area contributed by atoms with Gasteiger partial charge in [0.25, 0.3) is 0 Å². The fraction of sp³-hybridized carbons (Fsp3) is 0.867. The Morgan fingerprint density at radius 3 is 1.39 bits per heavy atom. The fourth-order valence-corrected chi connectivity index (χ4v) is 4.80. The molecule has 0 saturated carbocycles.